The van der Waals surface area contributed by atoms with Crippen molar-refractivity contribution in [3.05, 3.63) is 47.0 Å². The Balaban J connectivity index is 2.60. The first-order chi connectivity index (χ1) is 6.68. The van der Waals surface area contributed by atoms with E-state index in [0.29, 0.717) is 10.8 Å². The number of rotatable bonds is 1. The van der Waals surface area contributed by atoms with Crippen molar-refractivity contribution in [1.82, 2.24) is 9.78 Å². The maximum Gasteiger partial charge on any atom is 0.148 e. The largest absolute Gasteiger partial charge is 0.219 e. The average Bonchev–Trinajstić information content (AvgIpc) is 2.46. The van der Waals surface area contributed by atoms with E-state index in [0.717, 1.165) is 5.69 Å². The normalized spacial score (nSPS) is 10.5. The van der Waals surface area contributed by atoms with Crippen molar-refractivity contribution in [1.29, 1.82) is 0 Å². The van der Waals surface area contributed by atoms with Crippen LogP contribution in [0.3, 0.4) is 0 Å². The molecule has 2 rings (SSSR count). The fourth-order valence-corrected chi connectivity index (χ4v) is 1.55. The number of aryl methyl sites for hydroxylation is 1. The average molecular weight is 211 g/mol. The van der Waals surface area contributed by atoms with Gasteiger partial charge in [-0.3, -0.25) is 0 Å². The lowest BCUT2D eigenvalue weighted by Gasteiger charge is -2.03. The van der Waals surface area contributed by atoms with Gasteiger partial charge in [-0.15, -0.1) is 0 Å². The fourth-order valence-electron chi connectivity index (χ4n) is 1.26. The van der Waals surface area contributed by atoms with E-state index in [9.17, 15) is 4.39 Å². The summed E-state index contributed by atoms with van der Waals surface area (Å²) in [5, 5.41) is 4.50. The third kappa shape index (κ3) is 1.51. The molecule has 1 aromatic heterocycles. The Morgan fingerprint density at radius 3 is 2.64 bits per heavy atom. The summed E-state index contributed by atoms with van der Waals surface area (Å²) in [6, 6.07) is 8.07. The monoisotopic (exact) mass is 210 g/mol. The summed E-state index contributed by atoms with van der Waals surface area (Å²) >= 11 is 5.89. The second-order valence-electron chi connectivity index (χ2n) is 2.97. The van der Waals surface area contributed by atoms with Crippen LogP contribution >= 0.6 is 11.6 Å². The summed E-state index contributed by atoms with van der Waals surface area (Å²) in [7, 11) is 0. The molecule has 0 bridgehead atoms. The van der Waals surface area contributed by atoms with E-state index in [2.05, 4.69) is 5.10 Å². The summed E-state index contributed by atoms with van der Waals surface area (Å²) in [4.78, 5) is 0. The van der Waals surface area contributed by atoms with Gasteiger partial charge in [0.05, 0.1) is 5.69 Å². The first kappa shape index (κ1) is 9.21. The summed E-state index contributed by atoms with van der Waals surface area (Å²) < 4.78 is 14.7. The van der Waals surface area contributed by atoms with E-state index in [1.54, 1.807) is 24.3 Å². The molecule has 0 aliphatic rings. The minimum atomic E-state index is -0.336. The number of nitrogens with zero attached hydrogens (tertiary/aromatic N) is 2. The molecule has 0 fully saturated rings. The molecule has 1 aromatic carbocycles. The molecule has 2 nitrogen and oxygen atoms in total. The second-order valence-corrected chi connectivity index (χ2v) is 3.36. The highest BCUT2D eigenvalue weighted by atomic mass is 35.5. The molecule has 0 N–H and O–H groups in total. The molecule has 2 aromatic rings. The van der Waals surface area contributed by atoms with Gasteiger partial charge in [-0.05, 0) is 25.1 Å². The number of hydrogen-bond donors (Lipinski definition) is 0. The third-order valence-corrected chi connectivity index (χ3v) is 2.14. The van der Waals surface area contributed by atoms with Gasteiger partial charge < -0.3 is 0 Å². The molecule has 0 amide bonds. The molecule has 0 radical (unpaired) electrons. The highest BCUT2D eigenvalue weighted by Gasteiger charge is 2.08. The zero-order chi connectivity index (χ0) is 10.1. The molecule has 14 heavy (non-hydrogen) atoms. The van der Waals surface area contributed by atoms with Crippen LogP contribution in [0.2, 0.25) is 5.15 Å². The minimum absolute atomic E-state index is 0.336. The lowest BCUT2D eigenvalue weighted by atomic mass is 10.3. The Hall–Kier alpha value is -1.35. The van der Waals surface area contributed by atoms with Gasteiger partial charge >= 0.3 is 0 Å². The van der Waals surface area contributed by atoms with E-state index in [1.165, 1.54) is 10.7 Å². The van der Waals surface area contributed by atoms with Gasteiger partial charge in [0.2, 0.25) is 0 Å². The lowest BCUT2D eigenvalue weighted by molar-refractivity contribution is 0.610. The van der Waals surface area contributed by atoms with Crippen molar-refractivity contribution in [3.63, 3.8) is 0 Å². The van der Waals surface area contributed by atoms with Crippen LogP contribution in [0.5, 0.6) is 0 Å². The first-order valence-electron chi connectivity index (χ1n) is 4.15. The molecular formula is C10H8ClFN2. The van der Waals surface area contributed by atoms with Gasteiger partial charge in [0.1, 0.15) is 16.7 Å². The molecule has 0 saturated carbocycles. The van der Waals surface area contributed by atoms with E-state index in [4.69, 9.17) is 11.6 Å². The van der Waals surface area contributed by atoms with Crippen molar-refractivity contribution < 1.29 is 4.39 Å². The van der Waals surface area contributed by atoms with Crippen molar-refractivity contribution in [2.24, 2.45) is 0 Å². The summed E-state index contributed by atoms with van der Waals surface area (Å²) in [5.74, 6) is -0.336. The van der Waals surface area contributed by atoms with Crippen molar-refractivity contribution in [2.45, 2.75) is 6.92 Å². The molecule has 4 heteroatoms. The predicted octanol–water partition coefficient (Wildman–Crippen LogP) is 2.97. The maximum absolute atomic E-state index is 13.3. The van der Waals surface area contributed by atoms with Gasteiger partial charge in [0.15, 0.2) is 0 Å². The fraction of sp³-hybridized carbons (Fsp3) is 0.100. The Kier molecular flexibility index (Phi) is 2.25. The van der Waals surface area contributed by atoms with E-state index < -0.39 is 0 Å². The highest BCUT2D eigenvalue weighted by molar-refractivity contribution is 6.29. The molecule has 0 saturated heterocycles. The molecule has 0 unspecified atom stereocenters. The zero-order valence-electron chi connectivity index (χ0n) is 7.54. The molecule has 1 heterocycles. The quantitative estimate of drug-likeness (QED) is 0.708. The topological polar surface area (TPSA) is 17.8 Å². The number of para-hydroxylation sites is 1. The molecule has 72 valence electrons. The Bertz CT molecular complexity index is 465. The van der Waals surface area contributed by atoms with Crippen molar-refractivity contribution in [2.75, 3.05) is 0 Å². The van der Waals surface area contributed by atoms with Crippen LogP contribution in [0.1, 0.15) is 5.69 Å². The van der Waals surface area contributed by atoms with Gasteiger partial charge in [-0.2, -0.15) is 5.10 Å². The van der Waals surface area contributed by atoms with Crippen LogP contribution in [0, 0.1) is 12.7 Å². The molecule has 0 aliphatic heterocycles. The smallest absolute Gasteiger partial charge is 0.148 e. The number of hydrogen-bond acceptors (Lipinski definition) is 1. The van der Waals surface area contributed by atoms with Crippen LogP contribution in [0.25, 0.3) is 5.69 Å². The minimum Gasteiger partial charge on any atom is -0.219 e. The van der Waals surface area contributed by atoms with Crippen molar-refractivity contribution in [3.8, 4) is 5.69 Å². The van der Waals surface area contributed by atoms with E-state index >= 15 is 0 Å². The summed E-state index contributed by atoms with van der Waals surface area (Å²) in [6.45, 7) is 1.81. The number of halogens is 2. The Morgan fingerprint density at radius 2 is 2.07 bits per heavy atom. The predicted molar refractivity (Wildman–Crippen MR) is 53.3 cm³/mol. The lowest BCUT2D eigenvalue weighted by Crippen LogP contribution is -1.99. The summed E-state index contributed by atoms with van der Waals surface area (Å²) in [5.41, 5.74) is 1.13. The van der Waals surface area contributed by atoms with Crippen LogP contribution in [0.15, 0.2) is 30.3 Å². The highest BCUT2D eigenvalue weighted by Crippen LogP contribution is 2.18. The molecular weight excluding hydrogens is 203 g/mol. The van der Waals surface area contributed by atoms with Crippen molar-refractivity contribution >= 4 is 11.6 Å². The maximum atomic E-state index is 13.3. The standard InChI is InChI=1S/C10H8ClFN2/c1-7-6-10(11)14(13-7)9-5-3-2-4-8(9)12/h2-6H,1H3. The van der Waals surface area contributed by atoms with E-state index in [-0.39, 0.29) is 5.82 Å². The Morgan fingerprint density at radius 1 is 1.36 bits per heavy atom. The Labute approximate surface area is 85.9 Å². The summed E-state index contributed by atoms with van der Waals surface area (Å²) in [6.07, 6.45) is 0. The first-order valence-corrected chi connectivity index (χ1v) is 4.53. The molecule has 0 aliphatic carbocycles. The zero-order valence-corrected chi connectivity index (χ0v) is 8.29. The van der Waals surface area contributed by atoms with Gasteiger partial charge in [0.25, 0.3) is 0 Å². The second kappa shape index (κ2) is 3.42. The third-order valence-electron chi connectivity index (χ3n) is 1.87. The van der Waals surface area contributed by atoms with Gasteiger partial charge in [0, 0.05) is 0 Å². The molecule has 0 atom stereocenters. The van der Waals surface area contributed by atoms with Gasteiger partial charge in [-0.1, -0.05) is 23.7 Å². The number of benzene rings is 1. The van der Waals surface area contributed by atoms with Crippen LogP contribution < -0.4 is 0 Å². The SMILES string of the molecule is Cc1cc(Cl)n(-c2ccccc2F)n1. The molecule has 0 spiro atoms. The van der Waals surface area contributed by atoms with Gasteiger partial charge in [-0.25, -0.2) is 9.07 Å². The van der Waals surface area contributed by atoms with E-state index in [1.807, 2.05) is 6.92 Å². The van der Waals surface area contributed by atoms with Crippen LogP contribution in [-0.4, -0.2) is 9.78 Å². The van der Waals surface area contributed by atoms with Crippen LogP contribution in [0.4, 0.5) is 4.39 Å². The number of aromatic nitrogens is 2. The van der Waals surface area contributed by atoms with Crippen LogP contribution in [-0.2, 0) is 0 Å².